The number of hydrogen-bond donors (Lipinski definition) is 1. The Morgan fingerprint density at radius 1 is 1.18 bits per heavy atom. The molecule has 94 valence electrons. The average Bonchev–Trinajstić information content (AvgIpc) is 2.44. The highest BCUT2D eigenvalue weighted by Crippen LogP contribution is 2.19. The first-order valence-corrected chi connectivity index (χ1v) is 7.43. The largest absolute Gasteiger partial charge is 0.369 e. The Morgan fingerprint density at radius 2 is 1.94 bits per heavy atom. The Morgan fingerprint density at radius 3 is 2.65 bits per heavy atom. The Bertz CT molecular complexity index is 511. The topological polar surface area (TPSA) is 49.4 Å². The Kier molecular flexibility index (Phi) is 3.40. The molecule has 17 heavy (non-hydrogen) atoms. The molecule has 1 saturated heterocycles. The molecule has 5 heteroatoms. The molecule has 0 saturated carbocycles. The lowest BCUT2D eigenvalue weighted by atomic mass is 10.1. The zero-order valence-electron chi connectivity index (χ0n) is 10.2. The lowest BCUT2D eigenvalue weighted by molar-refractivity contribution is 0.586. The first-order valence-electron chi connectivity index (χ1n) is 5.77. The summed E-state index contributed by atoms with van der Waals surface area (Å²) in [7, 11) is -3.07. The summed E-state index contributed by atoms with van der Waals surface area (Å²) in [5.41, 5.74) is 3.60. The number of anilines is 1. The van der Waals surface area contributed by atoms with Gasteiger partial charge in [0.2, 0.25) is 10.0 Å². The standard InChI is InChI=1S/C12H18N2O2S/c1-10-3-4-12(9-11(10)2)14-6-5-13-17(15,16)8-7-14/h3-4,9,13H,5-8H2,1-2H3. The van der Waals surface area contributed by atoms with Gasteiger partial charge in [-0.05, 0) is 37.1 Å². The van der Waals surface area contributed by atoms with E-state index in [-0.39, 0.29) is 5.75 Å². The van der Waals surface area contributed by atoms with E-state index in [1.165, 1.54) is 11.1 Å². The van der Waals surface area contributed by atoms with Gasteiger partial charge in [0.1, 0.15) is 0 Å². The van der Waals surface area contributed by atoms with Crippen molar-refractivity contribution in [2.45, 2.75) is 13.8 Å². The van der Waals surface area contributed by atoms with Crippen molar-refractivity contribution in [3.63, 3.8) is 0 Å². The fourth-order valence-electron chi connectivity index (χ4n) is 1.93. The summed E-state index contributed by atoms with van der Waals surface area (Å²) < 4.78 is 25.4. The second kappa shape index (κ2) is 4.66. The minimum Gasteiger partial charge on any atom is -0.369 e. The van der Waals surface area contributed by atoms with Crippen LogP contribution in [0.4, 0.5) is 5.69 Å². The van der Waals surface area contributed by atoms with Crippen LogP contribution in [0.5, 0.6) is 0 Å². The van der Waals surface area contributed by atoms with Crippen molar-refractivity contribution in [3.8, 4) is 0 Å². The van der Waals surface area contributed by atoms with Crippen LogP contribution in [-0.2, 0) is 10.0 Å². The van der Waals surface area contributed by atoms with Crippen molar-refractivity contribution < 1.29 is 8.42 Å². The van der Waals surface area contributed by atoms with Crippen LogP contribution < -0.4 is 9.62 Å². The Balaban J connectivity index is 2.20. The quantitative estimate of drug-likeness (QED) is 0.815. The smallest absolute Gasteiger partial charge is 0.213 e. The minimum atomic E-state index is -3.07. The third-order valence-electron chi connectivity index (χ3n) is 3.19. The van der Waals surface area contributed by atoms with Gasteiger partial charge in [-0.25, -0.2) is 13.1 Å². The molecule has 0 aliphatic carbocycles. The third kappa shape index (κ3) is 2.98. The zero-order chi connectivity index (χ0) is 12.5. The number of hydrogen-bond acceptors (Lipinski definition) is 3. The van der Waals surface area contributed by atoms with Crippen molar-refractivity contribution in [3.05, 3.63) is 29.3 Å². The number of benzene rings is 1. The molecule has 2 rings (SSSR count). The van der Waals surface area contributed by atoms with Gasteiger partial charge in [0.05, 0.1) is 5.75 Å². The summed E-state index contributed by atoms with van der Waals surface area (Å²) >= 11 is 0. The van der Waals surface area contributed by atoms with E-state index in [1.54, 1.807) is 0 Å². The number of nitrogens with one attached hydrogen (secondary N) is 1. The summed E-state index contributed by atoms with van der Waals surface area (Å²) in [6, 6.07) is 6.25. The average molecular weight is 254 g/mol. The third-order valence-corrected chi connectivity index (χ3v) is 4.55. The summed E-state index contributed by atoms with van der Waals surface area (Å²) in [5.74, 6) is 0.167. The highest BCUT2D eigenvalue weighted by atomic mass is 32.2. The number of rotatable bonds is 1. The van der Waals surface area contributed by atoms with E-state index >= 15 is 0 Å². The van der Waals surface area contributed by atoms with Gasteiger partial charge in [0.25, 0.3) is 0 Å². The first kappa shape index (κ1) is 12.4. The van der Waals surface area contributed by atoms with Gasteiger partial charge in [0.15, 0.2) is 0 Å². The highest BCUT2D eigenvalue weighted by molar-refractivity contribution is 7.89. The molecule has 1 heterocycles. The molecular weight excluding hydrogens is 236 g/mol. The fraction of sp³-hybridized carbons (Fsp3) is 0.500. The van der Waals surface area contributed by atoms with E-state index in [1.807, 2.05) is 0 Å². The zero-order valence-corrected chi connectivity index (χ0v) is 11.0. The van der Waals surface area contributed by atoms with Crippen LogP contribution in [0.3, 0.4) is 0 Å². The van der Waals surface area contributed by atoms with Crippen molar-refractivity contribution in [1.82, 2.24) is 4.72 Å². The first-order chi connectivity index (χ1) is 7.98. The normalized spacial score (nSPS) is 20.0. The Labute approximate surface area is 103 Å². The van der Waals surface area contributed by atoms with Crippen molar-refractivity contribution in [2.24, 2.45) is 0 Å². The highest BCUT2D eigenvalue weighted by Gasteiger charge is 2.18. The maximum absolute atomic E-state index is 11.4. The molecule has 0 spiro atoms. The predicted octanol–water partition coefficient (Wildman–Crippen LogP) is 1.04. The van der Waals surface area contributed by atoms with Gasteiger partial charge in [-0.3, -0.25) is 0 Å². The maximum atomic E-state index is 11.4. The van der Waals surface area contributed by atoms with E-state index in [9.17, 15) is 8.42 Å². The van der Waals surface area contributed by atoms with E-state index in [0.29, 0.717) is 13.1 Å². The summed E-state index contributed by atoms with van der Waals surface area (Å²) in [5, 5.41) is 0. The summed E-state index contributed by atoms with van der Waals surface area (Å²) in [6.45, 7) is 5.91. The molecule has 0 aromatic heterocycles. The van der Waals surface area contributed by atoms with E-state index in [0.717, 1.165) is 12.2 Å². The lowest BCUT2D eigenvalue weighted by Gasteiger charge is -2.22. The molecule has 0 bridgehead atoms. The van der Waals surface area contributed by atoms with Gasteiger partial charge in [-0.2, -0.15) is 0 Å². The SMILES string of the molecule is Cc1ccc(N2CCNS(=O)(=O)CC2)cc1C. The number of nitrogens with zero attached hydrogens (tertiary/aromatic N) is 1. The van der Waals surface area contributed by atoms with Crippen molar-refractivity contribution in [1.29, 1.82) is 0 Å². The van der Waals surface area contributed by atoms with Gasteiger partial charge < -0.3 is 4.90 Å². The summed E-state index contributed by atoms with van der Waals surface area (Å²) in [6.07, 6.45) is 0. The fourth-order valence-corrected chi connectivity index (χ4v) is 2.94. The van der Waals surface area contributed by atoms with Crippen molar-refractivity contribution >= 4 is 15.7 Å². The van der Waals surface area contributed by atoms with E-state index < -0.39 is 10.0 Å². The number of aryl methyl sites for hydroxylation is 2. The maximum Gasteiger partial charge on any atom is 0.213 e. The van der Waals surface area contributed by atoms with Crippen LogP contribution in [0.1, 0.15) is 11.1 Å². The second-order valence-electron chi connectivity index (χ2n) is 4.47. The molecular formula is C12H18N2O2S. The second-order valence-corrected chi connectivity index (χ2v) is 6.40. The lowest BCUT2D eigenvalue weighted by Crippen LogP contribution is -2.28. The van der Waals surface area contributed by atoms with Crippen LogP contribution >= 0.6 is 0 Å². The monoisotopic (exact) mass is 254 g/mol. The van der Waals surface area contributed by atoms with Crippen LogP contribution in [0.25, 0.3) is 0 Å². The predicted molar refractivity (Wildman–Crippen MR) is 69.9 cm³/mol. The van der Waals surface area contributed by atoms with E-state index in [2.05, 4.69) is 41.7 Å². The molecule has 4 nitrogen and oxygen atoms in total. The molecule has 1 N–H and O–H groups in total. The molecule has 0 unspecified atom stereocenters. The molecule has 1 aliphatic heterocycles. The minimum absolute atomic E-state index is 0.167. The Hall–Kier alpha value is -1.07. The van der Waals surface area contributed by atoms with Crippen molar-refractivity contribution in [2.75, 3.05) is 30.3 Å². The van der Waals surface area contributed by atoms with Gasteiger partial charge in [-0.1, -0.05) is 6.07 Å². The van der Waals surface area contributed by atoms with Crippen LogP contribution in [0, 0.1) is 13.8 Å². The van der Waals surface area contributed by atoms with E-state index in [4.69, 9.17) is 0 Å². The van der Waals surface area contributed by atoms with Gasteiger partial charge in [0, 0.05) is 25.3 Å². The van der Waals surface area contributed by atoms with Gasteiger partial charge >= 0.3 is 0 Å². The summed E-state index contributed by atoms with van der Waals surface area (Å²) in [4.78, 5) is 2.12. The van der Waals surface area contributed by atoms with Crippen LogP contribution in [0.2, 0.25) is 0 Å². The molecule has 1 aromatic rings. The van der Waals surface area contributed by atoms with Gasteiger partial charge in [-0.15, -0.1) is 0 Å². The molecule has 1 aromatic carbocycles. The van der Waals surface area contributed by atoms with Crippen LogP contribution in [0.15, 0.2) is 18.2 Å². The molecule has 1 fully saturated rings. The van der Waals surface area contributed by atoms with Crippen LogP contribution in [-0.4, -0.2) is 33.8 Å². The molecule has 0 radical (unpaired) electrons. The molecule has 1 aliphatic rings. The molecule has 0 atom stereocenters. The number of sulfonamides is 1. The molecule has 0 amide bonds.